The molecule has 1 saturated heterocycles. The van der Waals surface area contributed by atoms with E-state index >= 15 is 0 Å². The van der Waals surface area contributed by atoms with Crippen LogP contribution in [0.15, 0.2) is 27.8 Å². The third-order valence-electron chi connectivity index (χ3n) is 5.11. The predicted octanol–water partition coefficient (Wildman–Crippen LogP) is 3.05. The van der Waals surface area contributed by atoms with Crippen molar-refractivity contribution in [2.45, 2.75) is 65.0 Å². The van der Waals surface area contributed by atoms with Crippen LogP contribution in [-0.2, 0) is 11.2 Å². The summed E-state index contributed by atoms with van der Waals surface area (Å²) in [6.07, 6.45) is 7.43. The van der Waals surface area contributed by atoms with Gasteiger partial charge in [0.2, 0.25) is 0 Å². The molecule has 6 nitrogen and oxygen atoms in total. The molecule has 1 aromatic heterocycles. The third kappa shape index (κ3) is 8.80. The Morgan fingerprint density at radius 3 is 2.89 bits per heavy atom. The standard InChI is InChI=1S/C21H38N4O2/c1-4-25(5-2)14-6-9-18(3)24-21(23-17-20-11-8-16-27-20)22-13-12-19-10-7-15-26-19/h7,10,15,18,20H,4-6,8-9,11-14,16-17H2,1-3H3,(H2,22,23,24). The molecule has 1 aliphatic rings. The molecule has 2 unspecified atom stereocenters. The Morgan fingerprint density at radius 1 is 1.37 bits per heavy atom. The molecule has 1 aromatic rings. The van der Waals surface area contributed by atoms with Crippen LogP contribution in [0.4, 0.5) is 0 Å². The molecule has 6 heteroatoms. The Balaban J connectivity index is 1.77. The van der Waals surface area contributed by atoms with Gasteiger partial charge in [-0.25, -0.2) is 0 Å². The first-order valence-corrected chi connectivity index (χ1v) is 10.6. The fourth-order valence-electron chi connectivity index (χ4n) is 3.36. The second-order valence-electron chi connectivity index (χ2n) is 7.29. The lowest BCUT2D eigenvalue weighted by atomic mass is 10.2. The highest BCUT2D eigenvalue weighted by atomic mass is 16.5. The molecule has 1 aliphatic heterocycles. The zero-order valence-corrected chi connectivity index (χ0v) is 17.4. The van der Waals surface area contributed by atoms with Crippen molar-refractivity contribution in [1.82, 2.24) is 15.5 Å². The number of hydrogen-bond acceptors (Lipinski definition) is 4. The molecular weight excluding hydrogens is 340 g/mol. The topological polar surface area (TPSA) is 62.0 Å². The van der Waals surface area contributed by atoms with Crippen molar-refractivity contribution in [3.8, 4) is 0 Å². The van der Waals surface area contributed by atoms with Crippen LogP contribution in [0.25, 0.3) is 0 Å². The molecule has 0 saturated carbocycles. The summed E-state index contributed by atoms with van der Waals surface area (Å²) in [5.74, 6) is 1.88. The van der Waals surface area contributed by atoms with E-state index in [1.54, 1.807) is 6.26 Å². The number of aliphatic imine (C=N–C) groups is 1. The summed E-state index contributed by atoms with van der Waals surface area (Å²) in [7, 11) is 0. The fraction of sp³-hybridized carbons (Fsp3) is 0.762. The summed E-state index contributed by atoms with van der Waals surface area (Å²) in [6, 6.07) is 4.33. The second kappa shape index (κ2) is 12.8. The maximum absolute atomic E-state index is 5.70. The van der Waals surface area contributed by atoms with E-state index < -0.39 is 0 Å². The van der Waals surface area contributed by atoms with Crippen molar-refractivity contribution in [2.24, 2.45) is 4.99 Å². The normalized spacial score (nSPS) is 18.8. The molecule has 0 bridgehead atoms. The van der Waals surface area contributed by atoms with Crippen LogP contribution in [-0.4, -0.2) is 62.3 Å². The minimum Gasteiger partial charge on any atom is -0.469 e. The molecule has 0 aliphatic carbocycles. The van der Waals surface area contributed by atoms with Crippen LogP contribution in [0.5, 0.6) is 0 Å². The molecule has 0 spiro atoms. The van der Waals surface area contributed by atoms with E-state index in [9.17, 15) is 0 Å². The van der Waals surface area contributed by atoms with Crippen molar-refractivity contribution in [1.29, 1.82) is 0 Å². The number of furan rings is 1. The van der Waals surface area contributed by atoms with Gasteiger partial charge in [0.1, 0.15) is 5.76 Å². The molecule has 2 heterocycles. The van der Waals surface area contributed by atoms with Gasteiger partial charge in [-0.05, 0) is 64.4 Å². The average molecular weight is 379 g/mol. The smallest absolute Gasteiger partial charge is 0.191 e. The number of rotatable bonds is 12. The minimum absolute atomic E-state index is 0.270. The number of guanidine groups is 1. The van der Waals surface area contributed by atoms with Crippen molar-refractivity contribution in [2.75, 3.05) is 39.3 Å². The van der Waals surface area contributed by atoms with Gasteiger partial charge < -0.3 is 24.7 Å². The van der Waals surface area contributed by atoms with Gasteiger partial charge in [0.25, 0.3) is 0 Å². The van der Waals surface area contributed by atoms with E-state index in [0.717, 1.165) is 76.7 Å². The number of nitrogens with zero attached hydrogens (tertiary/aromatic N) is 2. The van der Waals surface area contributed by atoms with Crippen LogP contribution in [0.2, 0.25) is 0 Å². The SMILES string of the molecule is CCN(CC)CCCC(C)NC(=NCC1CCCO1)NCCc1ccco1. The van der Waals surface area contributed by atoms with Crippen LogP contribution in [0, 0.1) is 0 Å². The van der Waals surface area contributed by atoms with E-state index in [4.69, 9.17) is 14.1 Å². The summed E-state index contributed by atoms with van der Waals surface area (Å²) in [6.45, 7) is 12.5. The number of ether oxygens (including phenoxy) is 1. The molecule has 1 fully saturated rings. The summed E-state index contributed by atoms with van der Waals surface area (Å²) in [5.41, 5.74) is 0. The van der Waals surface area contributed by atoms with Gasteiger partial charge in [0, 0.05) is 25.6 Å². The minimum atomic E-state index is 0.270. The lowest BCUT2D eigenvalue weighted by Crippen LogP contribution is -2.43. The molecule has 154 valence electrons. The summed E-state index contributed by atoms with van der Waals surface area (Å²) in [5, 5.41) is 7.01. The predicted molar refractivity (Wildman–Crippen MR) is 111 cm³/mol. The highest BCUT2D eigenvalue weighted by molar-refractivity contribution is 5.80. The first kappa shape index (κ1) is 21.8. The summed E-state index contributed by atoms with van der Waals surface area (Å²) < 4.78 is 11.1. The maximum Gasteiger partial charge on any atom is 0.191 e. The zero-order valence-electron chi connectivity index (χ0n) is 17.4. The van der Waals surface area contributed by atoms with Gasteiger partial charge >= 0.3 is 0 Å². The van der Waals surface area contributed by atoms with Crippen LogP contribution in [0.3, 0.4) is 0 Å². The lowest BCUT2D eigenvalue weighted by Gasteiger charge is -2.21. The molecule has 2 rings (SSSR count). The molecule has 0 aromatic carbocycles. The van der Waals surface area contributed by atoms with Gasteiger partial charge in [-0.3, -0.25) is 4.99 Å². The monoisotopic (exact) mass is 378 g/mol. The highest BCUT2D eigenvalue weighted by Gasteiger charge is 2.15. The van der Waals surface area contributed by atoms with Crippen molar-refractivity contribution in [3.05, 3.63) is 24.2 Å². The van der Waals surface area contributed by atoms with E-state index in [0.29, 0.717) is 6.04 Å². The second-order valence-corrected chi connectivity index (χ2v) is 7.29. The van der Waals surface area contributed by atoms with Crippen LogP contribution >= 0.6 is 0 Å². The molecule has 2 atom stereocenters. The Kier molecular flexibility index (Phi) is 10.3. The lowest BCUT2D eigenvalue weighted by molar-refractivity contribution is 0.117. The van der Waals surface area contributed by atoms with Crippen molar-refractivity contribution in [3.63, 3.8) is 0 Å². The molecule has 27 heavy (non-hydrogen) atoms. The van der Waals surface area contributed by atoms with E-state index in [2.05, 4.69) is 36.3 Å². The third-order valence-corrected chi connectivity index (χ3v) is 5.11. The summed E-state index contributed by atoms with van der Waals surface area (Å²) in [4.78, 5) is 7.24. The van der Waals surface area contributed by atoms with Gasteiger partial charge in [-0.2, -0.15) is 0 Å². The molecule has 0 amide bonds. The fourth-order valence-corrected chi connectivity index (χ4v) is 3.36. The van der Waals surface area contributed by atoms with Crippen LogP contribution in [0.1, 0.15) is 52.2 Å². The van der Waals surface area contributed by atoms with Gasteiger partial charge in [0.05, 0.1) is 18.9 Å². The quantitative estimate of drug-likeness (QED) is 0.432. The molecular formula is C21H38N4O2. The molecule has 2 N–H and O–H groups in total. The average Bonchev–Trinajstić information content (AvgIpc) is 3.37. The molecule has 0 radical (unpaired) electrons. The van der Waals surface area contributed by atoms with Crippen LogP contribution < -0.4 is 10.6 Å². The maximum atomic E-state index is 5.70. The Morgan fingerprint density at radius 2 is 2.22 bits per heavy atom. The number of hydrogen-bond donors (Lipinski definition) is 2. The van der Waals surface area contributed by atoms with Gasteiger partial charge in [0.15, 0.2) is 5.96 Å². The highest BCUT2D eigenvalue weighted by Crippen LogP contribution is 2.11. The number of nitrogens with one attached hydrogen (secondary N) is 2. The Labute approximate surface area is 164 Å². The van der Waals surface area contributed by atoms with E-state index in [1.165, 1.54) is 6.42 Å². The summed E-state index contributed by atoms with van der Waals surface area (Å²) >= 11 is 0. The van der Waals surface area contributed by atoms with Gasteiger partial charge in [-0.15, -0.1) is 0 Å². The zero-order chi connectivity index (χ0) is 19.3. The van der Waals surface area contributed by atoms with Crippen molar-refractivity contribution < 1.29 is 9.15 Å². The van der Waals surface area contributed by atoms with E-state index in [1.807, 2.05) is 12.1 Å². The Bertz CT molecular complexity index is 508. The van der Waals surface area contributed by atoms with E-state index in [-0.39, 0.29) is 6.10 Å². The Hall–Kier alpha value is -1.53. The first-order chi connectivity index (χ1) is 13.2. The largest absolute Gasteiger partial charge is 0.469 e. The van der Waals surface area contributed by atoms with Crippen molar-refractivity contribution >= 4 is 5.96 Å². The van der Waals surface area contributed by atoms with Gasteiger partial charge in [-0.1, -0.05) is 13.8 Å². The first-order valence-electron chi connectivity index (χ1n) is 10.6.